The van der Waals surface area contributed by atoms with Crippen molar-refractivity contribution in [3.63, 3.8) is 0 Å². The van der Waals surface area contributed by atoms with Crippen molar-refractivity contribution < 1.29 is 15.0 Å². The zero-order valence-corrected chi connectivity index (χ0v) is 19.2. The van der Waals surface area contributed by atoms with Gasteiger partial charge in [0.25, 0.3) is 11.9 Å². The lowest BCUT2D eigenvalue weighted by Crippen LogP contribution is -2.18. The van der Waals surface area contributed by atoms with E-state index < -0.39 is 17.7 Å². The Labute approximate surface area is 205 Å². The van der Waals surface area contributed by atoms with Crippen LogP contribution in [0.4, 0.5) is 5.69 Å². The second-order valence-corrected chi connectivity index (χ2v) is 7.43. The van der Waals surface area contributed by atoms with Crippen LogP contribution < -0.4 is 16.7 Å². The standard InChI is InChI=1S/C22H20N8O2.C2H4O2/c1-2-13-10-15(12-17(31)11-13)18(27-16-6-4-14(5-7-16)19(23)24)20-28-22(32)30(29-20)21-25-8-3-9-26-21;1-2(3)4/h2-12,18,27,31H,1H2,(H3,23,24)(H,28,29,32);1H3,(H,3,4)/t18-;/m0./s1. The average molecular weight is 489 g/mol. The third-order valence-electron chi connectivity index (χ3n) is 4.69. The monoisotopic (exact) mass is 488 g/mol. The summed E-state index contributed by atoms with van der Waals surface area (Å²) in [7, 11) is 0. The summed E-state index contributed by atoms with van der Waals surface area (Å²) in [6.07, 6.45) is 4.64. The normalized spacial score (nSPS) is 11.0. The van der Waals surface area contributed by atoms with E-state index >= 15 is 0 Å². The van der Waals surface area contributed by atoms with Crippen LogP contribution >= 0.6 is 0 Å². The van der Waals surface area contributed by atoms with E-state index in [-0.39, 0.29) is 17.5 Å². The lowest BCUT2D eigenvalue weighted by molar-refractivity contribution is -0.134. The van der Waals surface area contributed by atoms with Crippen LogP contribution in [-0.4, -0.2) is 46.8 Å². The van der Waals surface area contributed by atoms with E-state index in [0.717, 1.165) is 11.6 Å². The summed E-state index contributed by atoms with van der Waals surface area (Å²) in [5, 5.41) is 32.8. The molecule has 2 aromatic heterocycles. The Morgan fingerprint density at radius 2 is 1.86 bits per heavy atom. The number of carboxylic acids is 1. The third-order valence-corrected chi connectivity index (χ3v) is 4.69. The van der Waals surface area contributed by atoms with E-state index in [1.807, 2.05) is 6.07 Å². The number of nitrogens with one attached hydrogen (secondary N) is 3. The highest BCUT2D eigenvalue weighted by Crippen LogP contribution is 2.28. The number of aromatic hydroxyl groups is 1. The SMILES string of the molecule is C=Cc1cc(O)cc([C@H](Nc2ccc(C(=N)N)cc2)c2nn(-c3ncccn3)c(=O)[nH]2)c1.CC(=O)O. The van der Waals surface area contributed by atoms with Crippen molar-refractivity contribution in [2.45, 2.75) is 13.0 Å². The first kappa shape index (κ1) is 25.4. The number of amidine groups is 1. The molecule has 0 unspecified atom stereocenters. The second-order valence-electron chi connectivity index (χ2n) is 7.43. The maximum Gasteiger partial charge on any atom is 0.350 e. The van der Waals surface area contributed by atoms with Crippen LogP contribution in [0, 0.1) is 5.41 Å². The van der Waals surface area contributed by atoms with Crippen molar-refractivity contribution in [2.24, 2.45) is 5.73 Å². The van der Waals surface area contributed by atoms with Crippen molar-refractivity contribution in [1.29, 1.82) is 5.41 Å². The number of carbonyl (C=O) groups is 1. The molecule has 12 heteroatoms. The molecule has 0 amide bonds. The van der Waals surface area contributed by atoms with Gasteiger partial charge in [0.05, 0.1) is 0 Å². The minimum Gasteiger partial charge on any atom is -0.508 e. The molecule has 36 heavy (non-hydrogen) atoms. The van der Waals surface area contributed by atoms with E-state index in [0.29, 0.717) is 28.2 Å². The zero-order valence-electron chi connectivity index (χ0n) is 19.2. The summed E-state index contributed by atoms with van der Waals surface area (Å²) in [6, 6.07) is 12.9. The summed E-state index contributed by atoms with van der Waals surface area (Å²) in [6.45, 7) is 4.84. The highest BCUT2D eigenvalue weighted by atomic mass is 16.4. The molecule has 0 saturated heterocycles. The number of carboxylic acid groups (broad SMARTS) is 1. The van der Waals surface area contributed by atoms with Gasteiger partial charge in [-0.1, -0.05) is 12.7 Å². The van der Waals surface area contributed by atoms with E-state index in [9.17, 15) is 9.90 Å². The largest absolute Gasteiger partial charge is 0.508 e. The number of phenols is 1. The first-order valence-electron chi connectivity index (χ1n) is 10.5. The number of nitrogens with zero attached hydrogens (tertiary/aromatic N) is 4. The number of aromatic nitrogens is 5. The number of anilines is 1. The predicted octanol–water partition coefficient (Wildman–Crippen LogP) is 2.28. The van der Waals surface area contributed by atoms with Gasteiger partial charge in [-0.2, -0.15) is 0 Å². The smallest absolute Gasteiger partial charge is 0.350 e. The molecule has 4 rings (SSSR count). The predicted molar refractivity (Wildman–Crippen MR) is 134 cm³/mol. The average Bonchev–Trinajstić information content (AvgIpc) is 3.23. The Morgan fingerprint density at radius 3 is 2.44 bits per heavy atom. The number of hydrogen-bond acceptors (Lipinski definition) is 8. The summed E-state index contributed by atoms with van der Waals surface area (Å²) < 4.78 is 1.07. The van der Waals surface area contributed by atoms with E-state index in [4.69, 9.17) is 21.0 Å². The fourth-order valence-corrected chi connectivity index (χ4v) is 3.17. The molecule has 2 heterocycles. The summed E-state index contributed by atoms with van der Waals surface area (Å²) in [4.78, 5) is 32.5. The molecular formula is C24H24N8O4. The van der Waals surface area contributed by atoms with Gasteiger partial charge in [-0.25, -0.2) is 14.8 Å². The van der Waals surface area contributed by atoms with Crippen molar-refractivity contribution in [3.8, 4) is 11.7 Å². The minimum atomic E-state index is -0.833. The van der Waals surface area contributed by atoms with Gasteiger partial charge < -0.3 is 21.3 Å². The lowest BCUT2D eigenvalue weighted by Gasteiger charge is -2.19. The fraction of sp³-hybridized carbons (Fsp3) is 0.0833. The first-order chi connectivity index (χ1) is 17.2. The number of nitrogens with two attached hydrogens (primary N) is 1. The number of phenolic OH excluding ortho intramolecular Hbond substituents is 1. The molecule has 0 fully saturated rings. The first-order valence-corrected chi connectivity index (χ1v) is 10.5. The Kier molecular flexibility index (Phi) is 7.92. The molecule has 0 radical (unpaired) electrons. The number of rotatable bonds is 7. The third kappa shape index (κ3) is 6.41. The van der Waals surface area contributed by atoms with Crippen LogP contribution in [0.25, 0.3) is 12.0 Å². The van der Waals surface area contributed by atoms with Gasteiger partial charge in [0.15, 0.2) is 5.82 Å². The summed E-state index contributed by atoms with van der Waals surface area (Å²) in [5.41, 5.74) is 7.64. The number of aliphatic carboxylic acids is 1. The van der Waals surface area contributed by atoms with Crippen LogP contribution in [0.5, 0.6) is 5.75 Å². The molecule has 184 valence electrons. The molecule has 0 saturated carbocycles. The maximum absolute atomic E-state index is 12.6. The van der Waals surface area contributed by atoms with Crippen LogP contribution in [0.1, 0.15) is 35.5 Å². The Balaban J connectivity index is 0.000000840. The summed E-state index contributed by atoms with van der Waals surface area (Å²) >= 11 is 0. The zero-order chi connectivity index (χ0) is 26.2. The molecule has 0 aliphatic rings. The van der Waals surface area contributed by atoms with E-state index in [1.54, 1.807) is 48.5 Å². The van der Waals surface area contributed by atoms with Gasteiger partial charge in [-0.3, -0.25) is 15.2 Å². The highest BCUT2D eigenvalue weighted by Gasteiger charge is 2.22. The molecule has 0 spiro atoms. The highest BCUT2D eigenvalue weighted by molar-refractivity contribution is 5.95. The maximum atomic E-state index is 12.6. The molecule has 7 N–H and O–H groups in total. The number of hydrogen-bond donors (Lipinski definition) is 6. The van der Waals surface area contributed by atoms with Crippen LogP contribution in [0.3, 0.4) is 0 Å². The Hall–Kier alpha value is -5.26. The van der Waals surface area contributed by atoms with Crippen molar-refractivity contribution in [1.82, 2.24) is 24.7 Å². The van der Waals surface area contributed by atoms with E-state index in [2.05, 4.69) is 31.9 Å². The fourth-order valence-electron chi connectivity index (χ4n) is 3.17. The van der Waals surface area contributed by atoms with Gasteiger partial charge in [0.2, 0.25) is 0 Å². The van der Waals surface area contributed by atoms with Gasteiger partial charge in [-0.15, -0.1) is 9.78 Å². The Morgan fingerprint density at radius 1 is 1.22 bits per heavy atom. The second kappa shape index (κ2) is 11.2. The van der Waals surface area contributed by atoms with Crippen molar-refractivity contribution >= 4 is 23.6 Å². The van der Waals surface area contributed by atoms with Gasteiger partial charge >= 0.3 is 5.69 Å². The van der Waals surface area contributed by atoms with Crippen molar-refractivity contribution in [2.75, 3.05) is 5.32 Å². The minimum absolute atomic E-state index is 0.0392. The van der Waals surface area contributed by atoms with Crippen LogP contribution in [-0.2, 0) is 4.79 Å². The van der Waals surface area contributed by atoms with Gasteiger partial charge in [0, 0.05) is 30.6 Å². The number of benzene rings is 2. The summed E-state index contributed by atoms with van der Waals surface area (Å²) in [5.74, 6) is -0.405. The molecule has 0 bridgehead atoms. The van der Waals surface area contributed by atoms with Crippen LogP contribution in [0.2, 0.25) is 0 Å². The molecule has 0 aliphatic carbocycles. The Bertz CT molecular complexity index is 1420. The molecule has 2 aromatic carbocycles. The molecule has 0 aliphatic heterocycles. The number of H-pyrrole nitrogens is 1. The number of nitrogen functional groups attached to an aromatic ring is 1. The molecule has 1 atom stereocenters. The molecule has 4 aromatic rings. The van der Waals surface area contributed by atoms with Gasteiger partial charge in [-0.05, 0) is 59.7 Å². The lowest BCUT2D eigenvalue weighted by atomic mass is 10.0. The quantitative estimate of drug-likeness (QED) is 0.167. The topological polar surface area (TPSA) is 196 Å². The molecule has 12 nitrogen and oxygen atoms in total. The van der Waals surface area contributed by atoms with Crippen molar-refractivity contribution in [3.05, 3.63) is 101 Å². The number of aromatic amines is 1. The van der Waals surface area contributed by atoms with Gasteiger partial charge in [0.1, 0.15) is 17.6 Å². The van der Waals surface area contributed by atoms with E-state index in [1.165, 1.54) is 12.4 Å². The van der Waals surface area contributed by atoms with Crippen LogP contribution in [0.15, 0.2) is 72.3 Å². The molecular weight excluding hydrogens is 464 g/mol.